The Morgan fingerprint density at radius 3 is 2.33 bits per heavy atom. The molecule has 3 aromatic rings. The maximum atomic E-state index is 12.8. The van der Waals surface area contributed by atoms with Crippen molar-refractivity contribution in [1.82, 2.24) is 4.90 Å². The fraction of sp³-hybridized carbons (Fsp3) is 0.227. The molecule has 0 N–H and O–H groups in total. The third-order valence-electron chi connectivity index (χ3n) is 4.93. The van der Waals surface area contributed by atoms with Crippen molar-refractivity contribution < 1.29 is 9.53 Å². The number of carbonyl (C=O) groups is 1. The molecule has 0 bridgehead atoms. The highest BCUT2D eigenvalue weighted by Gasteiger charge is 2.23. The van der Waals surface area contributed by atoms with E-state index in [2.05, 4.69) is 22.4 Å². The van der Waals surface area contributed by atoms with E-state index in [1.807, 2.05) is 53.4 Å². The minimum absolute atomic E-state index is 0.104. The fourth-order valence-electron chi connectivity index (χ4n) is 3.44. The summed E-state index contributed by atoms with van der Waals surface area (Å²) in [5, 5.41) is 2.07. The number of hydrogen-bond donors (Lipinski definition) is 0. The molecule has 27 heavy (non-hydrogen) atoms. The minimum atomic E-state index is 0.104. The van der Waals surface area contributed by atoms with Crippen LogP contribution in [-0.4, -0.2) is 44.1 Å². The van der Waals surface area contributed by atoms with Crippen LogP contribution in [0.4, 0.5) is 5.69 Å². The van der Waals surface area contributed by atoms with Crippen LogP contribution in [0, 0.1) is 0 Å². The molecule has 1 fully saturated rings. The number of anilines is 1. The van der Waals surface area contributed by atoms with Gasteiger partial charge in [-0.2, -0.15) is 0 Å². The van der Waals surface area contributed by atoms with E-state index in [0.717, 1.165) is 35.7 Å². The van der Waals surface area contributed by atoms with Gasteiger partial charge in [-0.25, -0.2) is 0 Å². The fourth-order valence-corrected chi connectivity index (χ4v) is 4.18. The highest BCUT2D eigenvalue weighted by molar-refractivity contribution is 7.13. The van der Waals surface area contributed by atoms with Crippen molar-refractivity contribution in [1.29, 1.82) is 0 Å². The van der Waals surface area contributed by atoms with Gasteiger partial charge in [-0.05, 0) is 41.3 Å². The SMILES string of the molecule is COc1ccccc1N1CCN(C(=O)c2ccc(-c3cccs3)cc2)CC1. The van der Waals surface area contributed by atoms with E-state index in [9.17, 15) is 4.79 Å². The van der Waals surface area contributed by atoms with Crippen molar-refractivity contribution >= 4 is 22.9 Å². The first-order chi connectivity index (χ1) is 13.3. The first-order valence-corrected chi connectivity index (χ1v) is 9.95. The Hall–Kier alpha value is -2.79. The molecule has 2 aromatic carbocycles. The number of hydrogen-bond acceptors (Lipinski definition) is 4. The second kappa shape index (κ2) is 7.84. The molecule has 138 valence electrons. The number of methoxy groups -OCH3 is 1. The molecule has 4 rings (SSSR count). The number of thiophene rings is 1. The minimum Gasteiger partial charge on any atom is -0.495 e. The second-order valence-corrected chi connectivity index (χ2v) is 7.45. The molecule has 1 aliphatic heterocycles. The van der Waals surface area contributed by atoms with Crippen molar-refractivity contribution in [3.63, 3.8) is 0 Å². The van der Waals surface area contributed by atoms with Crippen molar-refractivity contribution in [2.45, 2.75) is 0 Å². The zero-order valence-electron chi connectivity index (χ0n) is 15.3. The first kappa shape index (κ1) is 17.6. The van der Waals surface area contributed by atoms with Crippen LogP contribution in [0.2, 0.25) is 0 Å². The van der Waals surface area contributed by atoms with Crippen LogP contribution in [0.15, 0.2) is 66.0 Å². The van der Waals surface area contributed by atoms with Crippen LogP contribution >= 0.6 is 11.3 Å². The van der Waals surface area contributed by atoms with E-state index < -0.39 is 0 Å². The Labute approximate surface area is 163 Å². The molecule has 5 heteroatoms. The molecule has 0 radical (unpaired) electrons. The summed E-state index contributed by atoms with van der Waals surface area (Å²) in [4.78, 5) is 18.3. The summed E-state index contributed by atoms with van der Waals surface area (Å²) in [6.45, 7) is 3.03. The van der Waals surface area contributed by atoms with Gasteiger partial charge in [-0.3, -0.25) is 4.79 Å². The van der Waals surface area contributed by atoms with Crippen molar-refractivity contribution in [3.05, 3.63) is 71.6 Å². The van der Waals surface area contributed by atoms with Gasteiger partial charge in [-0.1, -0.05) is 30.3 Å². The topological polar surface area (TPSA) is 32.8 Å². The van der Waals surface area contributed by atoms with Crippen molar-refractivity contribution in [2.75, 3.05) is 38.2 Å². The first-order valence-electron chi connectivity index (χ1n) is 9.07. The maximum absolute atomic E-state index is 12.8. The lowest BCUT2D eigenvalue weighted by Gasteiger charge is -2.36. The van der Waals surface area contributed by atoms with Crippen molar-refractivity contribution in [2.24, 2.45) is 0 Å². The van der Waals surface area contributed by atoms with Gasteiger partial charge in [0, 0.05) is 36.6 Å². The molecule has 0 unspecified atom stereocenters. The largest absolute Gasteiger partial charge is 0.495 e. The Bertz CT molecular complexity index is 898. The zero-order valence-corrected chi connectivity index (χ0v) is 16.1. The number of carbonyl (C=O) groups excluding carboxylic acids is 1. The van der Waals surface area contributed by atoms with Crippen LogP contribution in [0.1, 0.15) is 10.4 Å². The second-order valence-electron chi connectivity index (χ2n) is 6.51. The number of ether oxygens (including phenoxy) is 1. The summed E-state index contributed by atoms with van der Waals surface area (Å²) in [6.07, 6.45) is 0. The highest BCUT2D eigenvalue weighted by atomic mass is 32.1. The molecule has 1 amide bonds. The van der Waals surface area contributed by atoms with Gasteiger partial charge >= 0.3 is 0 Å². The lowest BCUT2D eigenvalue weighted by Crippen LogP contribution is -2.48. The number of amides is 1. The standard InChI is InChI=1S/C22H22N2O2S/c1-26-20-6-3-2-5-19(20)23-12-14-24(15-13-23)22(25)18-10-8-17(9-11-18)21-7-4-16-27-21/h2-11,16H,12-15H2,1H3. The third-order valence-corrected chi connectivity index (χ3v) is 5.85. The van der Waals surface area contributed by atoms with E-state index in [0.29, 0.717) is 13.1 Å². The number of rotatable bonds is 4. The summed E-state index contributed by atoms with van der Waals surface area (Å²) in [5.74, 6) is 0.980. The Kier molecular flexibility index (Phi) is 5.12. The normalized spacial score (nSPS) is 14.3. The molecule has 0 spiro atoms. The Morgan fingerprint density at radius 2 is 1.67 bits per heavy atom. The summed E-state index contributed by atoms with van der Waals surface area (Å²) in [6, 6.07) is 20.1. The third kappa shape index (κ3) is 3.69. The predicted molar refractivity (Wildman–Crippen MR) is 111 cm³/mol. The number of piperazine rings is 1. The van der Waals surface area contributed by atoms with Gasteiger partial charge in [0.25, 0.3) is 5.91 Å². The quantitative estimate of drug-likeness (QED) is 0.675. The summed E-state index contributed by atoms with van der Waals surface area (Å²) < 4.78 is 5.46. The van der Waals surface area contributed by atoms with Gasteiger partial charge in [0.05, 0.1) is 12.8 Å². The summed E-state index contributed by atoms with van der Waals surface area (Å²) in [7, 11) is 1.69. The molecule has 1 saturated heterocycles. The lowest BCUT2D eigenvalue weighted by atomic mass is 10.1. The number of benzene rings is 2. The Balaban J connectivity index is 1.41. The van der Waals surface area contributed by atoms with Crippen LogP contribution < -0.4 is 9.64 Å². The highest BCUT2D eigenvalue weighted by Crippen LogP contribution is 2.29. The van der Waals surface area contributed by atoms with Crippen LogP contribution in [0.3, 0.4) is 0 Å². The van der Waals surface area contributed by atoms with Crippen molar-refractivity contribution in [3.8, 4) is 16.2 Å². The molecular formula is C22H22N2O2S. The molecule has 0 saturated carbocycles. The number of para-hydroxylation sites is 2. The van der Waals surface area contributed by atoms with E-state index in [-0.39, 0.29) is 5.91 Å². The monoisotopic (exact) mass is 378 g/mol. The molecule has 1 aromatic heterocycles. The van der Waals surface area contributed by atoms with E-state index in [4.69, 9.17) is 4.74 Å². The van der Waals surface area contributed by atoms with Gasteiger partial charge in [0.2, 0.25) is 0 Å². The van der Waals surface area contributed by atoms with E-state index in [1.165, 1.54) is 4.88 Å². The summed E-state index contributed by atoms with van der Waals surface area (Å²) in [5.41, 5.74) is 3.00. The number of nitrogens with zero attached hydrogens (tertiary/aromatic N) is 2. The van der Waals surface area contributed by atoms with Gasteiger partial charge < -0.3 is 14.5 Å². The maximum Gasteiger partial charge on any atom is 0.253 e. The van der Waals surface area contributed by atoms with Crippen LogP contribution in [0.25, 0.3) is 10.4 Å². The lowest BCUT2D eigenvalue weighted by molar-refractivity contribution is 0.0746. The molecule has 0 atom stereocenters. The summed E-state index contributed by atoms with van der Waals surface area (Å²) >= 11 is 1.71. The molecule has 1 aliphatic rings. The average molecular weight is 378 g/mol. The molecular weight excluding hydrogens is 356 g/mol. The molecule has 0 aliphatic carbocycles. The smallest absolute Gasteiger partial charge is 0.253 e. The van der Waals surface area contributed by atoms with Gasteiger partial charge in [0.1, 0.15) is 5.75 Å². The average Bonchev–Trinajstić information content (AvgIpc) is 3.28. The van der Waals surface area contributed by atoms with E-state index in [1.54, 1.807) is 18.4 Å². The van der Waals surface area contributed by atoms with Gasteiger partial charge in [-0.15, -0.1) is 11.3 Å². The molecule has 4 nitrogen and oxygen atoms in total. The zero-order chi connectivity index (χ0) is 18.6. The predicted octanol–water partition coefficient (Wildman–Crippen LogP) is 4.39. The van der Waals surface area contributed by atoms with Crippen LogP contribution in [0.5, 0.6) is 5.75 Å². The molecule has 2 heterocycles. The van der Waals surface area contributed by atoms with E-state index >= 15 is 0 Å². The van der Waals surface area contributed by atoms with Crippen LogP contribution in [-0.2, 0) is 0 Å². The Morgan fingerprint density at radius 1 is 0.926 bits per heavy atom. The van der Waals surface area contributed by atoms with Gasteiger partial charge in [0.15, 0.2) is 0 Å².